The Morgan fingerprint density at radius 1 is 1.37 bits per heavy atom. The second-order valence-electron chi connectivity index (χ2n) is 4.61. The van der Waals surface area contributed by atoms with E-state index in [2.05, 4.69) is 22.4 Å². The molecule has 1 aliphatic rings. The lowest BCUT2D eigenvalue weighted by atomic mass is 10.1. The van der Waals surface area contributed by atoms with Gasteiger partial charge in [0.15, 0.2) is 15.7 Å². The summed E-state index contributed by atoms with van der Waals surface area (Å²) in [5, 5.41) is 10.3. The van der Waals surface area contributed by atoms with Gasteiger partial charge in [0.05, 0.1) is 16.3 Å². The molecule has 1 aromatic carbocycles. The number of nitrogens with one attached hydrogen (secondary N) is 2. The quantitative estimate of drug-likeness (QED) is 0.901. The predicted octanol–water partition coefficient (Wildman–Crippen LogP) is 2.19. The molecule has 0 spiro atoms. The third-order valence-electron chi connectivity index (χ3n) is 3.24. The molecule has 0 radical (unpaired) electrons. The molecule has 0 bridgehead atoms. The van der Waals surface area contributed by atoms with Crippen LogP contribution in [-0.4, -0.2) is 25.2 Å². The maximum Gasteiger partial charge on any atom is 0.183 e. The van der Waals surface area contributed by atoms with Gasteiger partial charge in [-0.1, -0.05) is 25.1 Å². The normalized spacial score (nSPS) is 15.6. The van der Waals surface area contributed by atoms with Crippen LogP contribution in [0.4, 0.5) is 5.82 Å². The number of sulfone groups is 1. The van der Waals surface area contributed by atoms with Gasteiger partial charge in [0.1, 0.15) is 0 Å². The van der Waals surface area contributed by atoms with Gasteiger partial charge in [-0.05, 0) is 12.5 Å². The van der Waals surface area contributed by atoms with E-state index in [0.717, 1.165) is 24.2 Å². The largest absolute Gasteiger partial charge is 0.368 e. The van der Waals surface area contributed by atoms with Gasteiger partial charge in [-0.25, -0.2) is 8.42 Å². The number of benzene rings is 1. The summed E-state index contributed by atoms with van der Waals surface area (Å²) in [7, 11) is -3.27. The van der Waals surface area contributed by atoms with Crippen LogP contribution < -0.4 is 5.32 Å². The Morgan fingerprint density at radius 2 is 2.16 bits per heavy atom. The van der Waals surface area contributed by atoms with Crippen molar-refractivity contribution in [1.29, 1.82) is 0 Å². The van der Waals surface area contributed by atoms with Gasteiger partial charge in [0.2, 0.25) is 0 Å². The zero-order valence-corrected chi connectivity index (χ0v) is 11.4. The van der Waals surface area contributed by atoms with Gasteiger partial charge in [-0.15, -0.1) is 0 Å². The smallest absolute Gasteiger partial charge is 0.183 e. The number of nitrogens with zero attached hydrogens (tertiary/aromatic N) is 1. The third kappa shape index (κ3) is 1.92. The van der Waals surface area contributed by atoms with Crippen LogP contribution in [-0.2, 0) is 15.6 Å². The standard InChI is InChI=1S/C13H15N3O2S/c1-2-7-14-13-10-8-19(17,18)11-6-4-3-5-9(11)12(10)15-16-13/h3-6H,2,7-8H2,1H3,(H2,14,15,16). The van der Waals surface area contributed by atoms with Crippen molar-refractivity contribution < 1.29 is 8.42 Å². The van der Waals surface area contributed by atoms with Crippen molar-refractivity contribution in [2.45, 2.75) is 24.0 Å². The molecule has 100 valence electrons. The molecule has 2 N–H and O–H groups in total. The summed E-state index contributed by atoms with van der Waals surface area (Å²) >= 11 is 0. The van der Waals surface area contributed by atoms with Crippen molar-refractivity contribution >= 4 is 15.7 Å². The van der Waals surface area contributed by atoms with E-state index in [0.29, 0.717) is 16.3 Å². The highest BCUT2D eigenvalue weighted by molar-refractivity contribution is 7.90. The molecule has 19 heavy (non-hydrogen) atoms. The van der Waals surface area contributed by atoms with Crippen LogP contribution in [0.25, 0.3) is 11.3 Å². The van der Waals surface area contributed by atoms with Gasteiger partial charge in [0.25, 0.3) is 0 Å². The highest BCUT2D eigenvalue weighted by atomic mass is 32.2. The van der Waals surface area contributed by atoms with Gasteiger partial charge in [-0.2, -0.15) is 5.10 Å². The molecule has 0 saturated heterocycles. The number of H-pyrrole nitrogens is 1. The van der Waals surface area contributed by atoms with Crippen LogP contribution in [0.15, 0.2) is 29.2 Å². The molecular formula is C13H15N3O2S. The predicted molar refractivity (Wildman–Crippen MR) is 73.7 cm³/mol. The number of anilines is 1. The van der Waals surface area contributed by atoms with Crippen LogP contribution in [0, 0.1) is 0 Å². The highest BCUT2D eigenvalue weighted by Gasteiger charge is 2.31. The molecule has 2 aromatic rings. The number of fused-ring (bicyclic) bond motifs is 3. The zero-order valence-electron chi connectivity index (χ0n) is 10.6. The molecule has 1 aromatic heterocycles. The zero-order chi connectivity index (χ0) is 13.5. The lowest BCUT2D eigenvalue weighted by Crippen LogP contribution is -2.13. The van der Waals surface area contributed by atoms with Crippen molar-refractivity contribution in [3.63, 3.8) is 0 Å². The molecule has 0 unspecified atom stereocenters. The molecule has 0 saturated carbocycles. The molecule has 2 heterocycles. The van der Waals surface area contributed by atoms with Crippen molar-refractivity contribution in [1.82, 2.24) is 10.2 Å². The van der Waals surface area contributed by atoms with Gasteiger partial charge in [-0.3, -0.25) is 5.10 Å². The fraction of sp³-hybridized carbons (Fsp3) is 0.308. The van der Waals surface area contributed by atoms with Crippen LogP contribution in [0.1, 0.15) is 18.9 Å². The molecule has 5 nitrogen and oxygen atoms in total. The van der Waals surface area contributed by atoms with Crippen LogP contribution in [0.5, 0.6) is 0 Å². The van der Waals surface area contributed by atoms with Crippen LogP contribution >= 0.6 is 0 Å². The van der Waals surface area contributed by atoms with Gasteiger partial charge in [0, 0.05) is 17.7 Å². The number of aromatic amines is 1. The minimum atomic E-state index is -3.27. The minimum absolute atomic E-state index is 0.00188. The summed E-state index contributed by atoms with van der Waals surface area (Å²) in [4.78, 5) is 0.383. The van der Waals surface area contributed by atoms with E-state index < -0.39 is 9.84 Å². The number of hydrogen-bond donors (Lipinski definition) is 2. The molecule has 1 aliphatic heterocycles. The van der Waals surface area contributed by atoms with Crippen molar-refractivity contribution in [3.05, 3.63) is 29.8 Å². The third-order valence-corrected chi connectivity index (χ3v) is 4.93. The SMILES string of the molecule is CCCNc1n[nH]c2c1CS(=O)(=O)c1ccccc1-2. The number of aromatic nitrogens is 2. The van der Waals surface area contributed by atoms with Gasteiger partial charge >= 0.3 is 0 Å². The summed E-state index contributed by atoms with van der Waals surface area (Å²) in [6.07, 6.45) is 0.963. The first-order valence-corrected chi connectivity index (χ1v) is 7.92. The van der Waals surface area contributed by atoms with Crippen molar-refractivity contribution in [3.8, 4) is 11.3 Å². The fourth-order valence-corrected chi connectivity index (χ4v) is 3.94. The van der Waals surface area contributed by atoms with Crippen molar-refractivity contribution in [2.24, 2.45) is 0 Å². The number of rotatable bonds is 3. The molecule has 6 heteroatoms. The van der Waals surface area contributed by atoms with E-state index in [1.54, 1.807) is 12.1 Å². The summed E-state index contributed by atoms with van der Waals surface area (Å²) in [6, 6.07) is 7.04. The first kappa shape index (κ1) is 12.2. The van der Waals surface area contributed by atoms with E-state index in [4.69, 9.17) is 0 Å². The molecular weight excluding hydrogens is 262 g/mol. The van der Waals surface area contributed by atoms with Crippen molar-refractivity contribution in [2.75, 3.05) is 11.9 Å². The summed E-state index contributed by atoms with van der Waals surface area (Å²) < 4.78 is 24.6. The van der Waals surface area contributed by atoms with E-state index in [1.807, 2.05) is 12.1 Å². The highest BCUT2D eigenvalue weighted by Crippen LogP contribution is 2.39. The second-order valence-corrected chi connectivity index (χ2v) is 6.57. The minimum Gasteiger partial charge on any atom is -0.368 e. The number of hydrogen-bond acceptors (Lipinski definition) is 4. The Balaban J connectivity index is 2.16. The van der Waals surface area contributed by atoms with E-state index in [-0.39, 0.29) is 5.75 Å². The average molecular weight is 277 g/mol. The Bertz CT molecular complexity index is 719. The lowest BCUT2D eigenvalue weighted by Gasteiger charge is -2.16. The first-order valence-electron chi connectivity index (χ1n) is 6.26. The van der Waals surface area contributed by atoms with Crippen LogP contribution in [0.2, 0.25) is 0 Å². The Labute approximate surface area is 112 Å². The summed E-state index contributed by atoms with van der Waals surface area (Å²) in [5.41, 5.74) is 2.26. The summed E-state index contributed by atoms with van der Waals surface area (Å²) in [5.74, 6) is 0.650. The van der Waals surface area contributed by atoms with Gasteiger partial charge < -0.3 is 5.32 Å². The topological polar surface area (TPSA) is 74.8 Å². The Kier molecular flexibility index (Phi) is 2.82. The van der Waals surface area contributed by atoms with E-state index >= 15 is 0 Å². The van der Waals surface area contributed by atoms with Crippen LogP contribution in [0.3, 0.4) is 0 Å². The molecule has 0 fully saturated rings. The molecule has 3 rings (SSSR count). The lowest BCUT2D eigenvalue weighted by molar-refractivity contribution is 0.594. The second kappa shape index (κ2) is 4.38. The average Bonchev–Trinajstić information content (AvgIpc) is 2.79. The Morgan fingerprint density at radius 3 is 2.95 bits per heavy atom. The fourth-order valence-electron chi connectivity index (χ4n) is 2.33. The van der Waals surface area contributed by atoms with E-state index in [1.165, 1.54) is 0 Å². The monoisotopic (exact) mass is 277 g/mol. The first-order chi connectivity index (χ1) is 9.13. The molecule has 0 amide bonds. The molecule has 0 aliphatic carbocycles. The van der Waals surface area contributed by atoms with E-state index in [9.17, 15) is 8.42 Å². The molecule has 0 atom stereocenters. The maximum absolute atomic E-state index is 12.3. The summed E-state index contributed by atoms with van der Waals surface area (Å²) in [6.45, 7) is 2.83. The maximum atomic E-state index is 12.3. The Hall–Kier alpha value is -1.82.